The number of rotatable bonds is 6. The topological polar surface area (TPSA) is 71.1 Å². The number of hydrogen-bond acceptors (Lipinski definition) is 3. The van der Waals surface area contributed by atoms with Crippen molar-refractivity contribution in [3.05, 3.63) is 66.0 Å². The van der Waals surface area contributed by atoms with Crippen molar-refractivity contribution in [2.45, 2.75) is 19.4 Å². The highest BCUT2D eigenvalue weighted by Gasteiger charge is 2.10. The minimum atomic E-state index is -0.175. The molecule has 1 aromatic heterocycles. The Kier molecular flexibility index (Phi) is 5.65. The van der Waals surface area contributed by atoms with Crippen LogP contribution in [0.15, 0.2) is 54.7 Å². The van der Waals surface area contributed by atoms with Crippen molar-refractivity contribution in [3.8, 4) is 0 Å². The molecule has 0 saturated carbocycles. The van der Waals surface area contributed by atoms with Crippen LogP contribution in [0.25, 0.3) is 0 Å². The molecule has 2 N–H and O–H groups in total. The molecule has 1 atom stereocenters. The van der Waals surface area contributed by atoms with Crippen LogP contribution in [-0.4, -0.2) is 23.3 Å². The molecule has 1 unspecified atom stereocenters. The molecule has 2 amide bonds. The Bertz CT molecular complexity index is 614. The minimum absolute atomic E-state index is 0.119. The van der Waals surface area contributed by atoms with Crippen LogP contribution in [0.1, 0.15) is 35.4 Å². The fraction of sp³-hybridized carbons (Fsp3) is 0.235. The Morgan fingerprint density at radius 1 is 1.09 bits per heavy atom. The normalized spacial score (nSPS) is 11.5. The fourth-order valence-electron chi connectivity index (χ4n) is 2.00. The van der Waals surface area contributed by atoms with Crippen molar-refractivity contribution in [2.24, 2.45) is 0 Å². The van der Waals surface area contributed by atoms with Gasteiger partial charge in [-0.2, -0.15) is 0 Å². The zero-order valence-electron chi connectivity index (χ0n) is 12.5. The quantitative estimate of drug-likeness (QED) is 0.857. The van der Waals surface area contributed by atoms with E-state index in [4.69, 9.17) is 0 Å². The van der Waals surface area contributed by atoms with Gasteiger partial charge in [-0.3, -0.25) is 14.6 Å². The maximum absolute atomic E-state index is 11.9. The molecule has 5 heteroatoms. The zero-order chi connectivity index (χ0) is 15.8. The molecule has 2 rings (SSSR count). The molecule has 5 nitrogen and oxygen atoms in total. The van der Waals surface area contributed by atoms with Crippen LogP contribution in [0.5, 0.6) is 0 Å². The summed E-state index contributed by atoms with van der Waals surface area (Å²) in [6.45, 7) is 2.18. The molecule has 0 spiro atoms. The zero-order valence-corrected chi connectivity index (χ0v) is 12.5. The molecule has 22 heavy (non-hydrogen) atoms. The van der Waals surface area contributed by atoms with E-state index in [2.05, 4.69) is 15.6 Å². The van der Waals surface area contributed by atoms with Crippen LogP contribution < -0.4 is 10.6 Å². The third-order valence-electron chi connectivity index (χ3n) is 3.18. The smallest absolute Gasteiger partial charge is 0.251 e. The second-order valence-corrected chi connectivity index (χ2v) is 4.92. The van der Waals surface area contributed by atoms with E-state index in [9.17, 15) is 9.59 Å². The Morgan fingerprint density at radius 2 is 1.82 bits per heavy atom. The van der Waals surface area contributed by atoms with Gasteiger partial charge in [-0.05, 0) is 31.2 Å². The third kappa shape index (κ3) is 4.70. The van der Waals surface area contributed by atoms with Gasteiger partial charge < -0.3 is 10.6 Å². The average Bonchev–Trinajstić information content (AvgIpc) is 2.56. The van der Waals surface area contributed by atoms with E-state index >= 15 is 0 Å². The van der Waals surface area contributed by atoms with Crippen molar-refractivity contribution < 1.29 is 9.59 Å². The van der Waals surface area contributed by atoms with E-state index in [1.54, 1.807) is 30.5 Å². The number of aromatic nitrogens is 1. The number of benzene rings is 1. The lowest BCUT2D eigenvalue weighted by molar-refractivity contribution is -0.121. The van der Waals surface area contributed by atoms with E-state index in [0.717, 1.165) is 5.69 Å². The summed E-state index contributed by atoms with van der Waals surface area (Å²) in [6.07, 6.45) is 1.92. The molecule has 114 valence electrons. The summed E-state index contributed by atoms with van der Waals surface area (Å²) < 4.78 is 0. The van der Waals surface area contributed by atoms with Crippen LogP contribution in [0.2, 0.25) is 0 Å². The number of nitrogens with zero attached hydrogens (tertiary/aromatic N) is 1. The second-order valence-electron chi connectivity index (χ2n) is 4.92. The first-order valence-electron chi connectivity index (χ1n) is 7.20. The Morgan fingerprint density at radius 3 is 2.50 bits per heavy atom. The molecule has 2 aromatic rings. The van der Waals surface area contributed by atoms with Crippen molar-refractivity contribution in [1.82, 2.24) is 15.6 Å². The van der Waals surface area contributed by atoms with Crippen LogP contribution in [0, 0.1) is 0 Å². The third-order valence-corrected chi connectivity index (χ3v) is 3.18. The molecule has 1 heterocycles. The molecule has 0 radical (unpaired) electrons. The van der Waals surface area contributed by atoms with Gasteiger partial charge in [0.1, 0.15) is 0 Å². The summed E-state index contributed by atoms with van der Waals surface area (Å²) >= 11 is 0. The van der Waals surface area contributed by atoms with Crippen LogP contribution in [-0.2, 0) is 4.79 Å². The maximum Gasteiger partial charge on any atom is 0.251 e. The highest BCUT2D eigenvalue weighted by atomic mass is 16.2. The van der Waals surface area contributed by atoms with Gasteiger partial charge in [0.2, 0.25) is 5.91 Å². The minimum Gasteiger partial charge on any atom is -0.352 e. The molecular formula is C17H19N3O2. The first-order valence-corrected chi connectivity index (χ1v) is 7.20. The van der Waals surface area contributed by atoms with Gasteiger partial charge in [-0.15, -0.1) is 0 Å². The lowest BCUT2D eigenvalue weighted by Gasteiger charge is -2.13. The number of pyridine rings is 1. The van der Waals surface area contributed by atoms with E-state index < -0.39 is 0 Å². The van der Waals surface area contributed by atoms with Gasteiger partial charge in [0.25, 0.3) is 5.91 Å². The predicted octanol–water partition coefficient (Wildman–Crippen LogP) is 2.08. The number of nitrogens with one attached hydrogen (secondary N) is 2. The largest absolute Gasteiger partial charge is 0.352 e. The summed E-state index contributed by atoms with van der Waals surface area (Å²) in [5, 5.41) is 5.58. The SMILES string of the molecule is CC(NC(=O)CCNC(=O)c1ccccc1)c1ccccn1. The number of hydrogen-bond donors (Lipinski definition) is 2. The lowest BCUT2D eigenvalue weighted by atomic mass is 10.2. The molecule has 0 aliphatic carbocycles. The molecule has 0 saturated heterocycles. The van der Waals surface area contributed by atoms with Gasteiger partial charge in [-0.25, -0.2) is 0 Å². The van der Waals surface area contributed by atoms with Gasteiger partial charge in [0, 0.05) is 24.7 Å². The van der Waals surface area contributed by atoms with E-state index in [0.29, 0.717) is 12.1 Å². The monoisotopic (exact) mass is 297 g/mol. The van der Waals surface area contributed by atoms with E-state index in [1.165, 1.54) is 0 Å². The number of carbonyl (C=O) groups is 2. The summed E-state index contributed by atoms with van der Waals surface area (Å²) in [6, 6.07) is 14.3. The Labute approximate surface area is 129 Å². The highest BCUT2D eigenvalue weighted by molar-refractivity contribution is 5.94. The van der Waals surface area contributed by atoms with Crippen molar-refractivity contribution in [3.63, 3.8) is 0 Å². The number of carbonyl (C=O) groups excluding carboxylic acids is 2. The van der Waals surface area contributed by atoms with Gasteiger partial charge >= 0.3 is 0 Å². The average molecular weight is 297 g/mol. The van der Waals surface area contributed by atoms with Gasteiger partial charge in [0.05, 0.1) is 11.7 Å². The summed E-state index contributed by atoms with van der Waals surface area (Å²) in [7, 11) is 0. The molecule has 1 aromatic carbocycles. The van der Waals surface area contributed by atoms with Crippen molar-refractivity contribution in [1.29, 1.82) is 0 Å². The van der Waals surface area contributed by atoms with Crippen LogP contribution >= 0.6 is 0 Å². The standard InChI is InChI=1S/C17H19N3O2/c1-13(15-9-5-6-11-18-15)20-16(21)10-12-19-17(22)14-7-3-2-4-8-14/h2-9,11,13H,10,12H2,1H3,(H,19,22)(H,20,21). The number of amides is 2. The summed E-state index contributed by atoms with van der Waals surface area (Å²) in [5.74, 6) is -0.294. The van der Waals surface area contributed by atoms with Crippen molar-refractivity contribution in [2.75, 3.05) is 6.54 Å². The van der Waals surface area contributed by atoms with Gasteiger partial charge in [0.15, 0.2) is 0 Å². The summed E-state index contributed by atoms with van der Waals surface area (Å²) in [5.41, 5.74) is 1.40. The van der Waals surface area contributed by atoms with E-state index in [-0.39, 0.29) is 24.3 Å². The Balaban J connectivity index is 1.73. The van der Waals surface area contributed by atoms with E-state index in [1.807, 2.05) is 31.2 Å². The highest BCUT2D eigenvalue weighted by Crippen LogP contribution is 2.07. The molecule has 0 bridgehead atoms. The maximum atomic E-state index is 11.9. The molecule has 0 aliphatic heterocycles. The first-order chi connectivity index (χ1) is 10.7. The van der Waals surface area contributed by atoms with Crippen LogP contribution in [0.3, 0.4) is 0 Å². The molecule has 0 aliphatic rings. The molecule has 0 fully saturated rings. The Hall–Kier alpha value is -2.69. The van der Waals surface area contributed by atoms with Gasteiger partial charge in [-0.1, -0.05) is 24.3 Å². The predicted molar refractivity (Wildman–Crippen MR) is 84.2 cm³/mol. The summed E-state index contributed by atoms with van der Waals surface area (Å²) in [4.78, 5) is 27.9. The molecular weight excluding hydrogens is 278 g/mol. The van der Waals surface area contributed by atoms with Crippen molar-refractivity contribution >= 4 is 11.8 Å². The fourth-order valence-corrected chi connectivity index (χ4v) is 2.00. The lowest BCUT2D eigenvalue weighted by Crippen LogP contribution is -2.32. The second kappa shape index (κ2) is 7.93. The van der Waals surface area contributed by atoms with Crippen LogP contribution in [0.4, 0.5) is 0 Å². The first kappa shape index (κ1) is 15.7.